The molecule has 1 fully saturated rings. The van der Waals surface area contributed by atoms with Crippen molar-refractivity contribution in [3.63, 3.8) is 0 Å². The van der Waals surface area contributed by atoms with Crippen LogP contribution >= 0.6 is 23.4 Å². The van der Waals surface area contributed by atoms with Crippen LogP contribution in [-0.2, 0) is 16.1 Å². The van der Waals surface area contributed by atoms with Crippen molar-refractivity contribution in [2.75, 3.05) is 11.9 Å². The summed E-state index contributed by atoms with van der Waals surface area (Å²) in [4.78, 5) is 28.1. The van der Waals surface area contributed by atoms with E-state index in [4.69, 9.17) is 20.8 Å². The molecule has 1 saturated heterocycles. The van der Waals surface area contributed by atoms with E-state index < -0.39 is 0 Å². The minimum absolute atomic E-state index is 0.194. The first-order valence-corrected chi connectivity index (χ1v) is 15.5. The minimum Gasteiger partial charge on any atom is -0.483 e. The van der Waals surface area contributed by atoms with Gasteiger partial charge in [-0.3, -0.25) is 14.5 Å². The average Bonchev–Trinajstić information content (AvgIpc) is 3.70. The molecule has 0 radical (unpaired) electrons. The van der Waals surface area contributed by atoms with Crippen LogP contribution in [0.25, 0.3) is 17.2 Å². The van der Waals surface area contributed by atoms with Crippen molar-refractivity contribution < 1.29 is 18.7 Å². The maximum Gasteiger partial charge on any atom is 0.267 e. The first kappa shape index (κ1) is 30.6. The minimum atomic E-state index is -0.331. The maximum absolute atomic E-state index is 13.6. The normalized spacial score (nSPS) is 14.8. The smallest absolute Gasteiger partial charge is 0.267 e. The predicted octanol–water partition coefficient (Wildman–Crippen LogP) is 8.12. The number of benzene rings is 4. The van der Waals surface area contributed by atoms with Crippen LogP contribution in [-0.4, -0.2) is 34.7 Å². The number of hydrogen-bond donors (Lipinski definition) is 1. The third kappa shape index (κ3) is 7.82. The zero-order chi connectivity index (χ0) is 31.7. The molecule has 0 unspecified atom stereocenters. The highest BCUT2D eigenvalue weighted by Gasteiger charge is 2.34. The Morgan fingerprint density at radius 3 is 2.39 bits per heavy atom. The highest BCUT2D eigenvalue weighted by atomic mass is 35.5. The molecule has 1 aliphatic rings. The molecule has 46 heavy (non-hydrogen) atoms. The molecular formula is C36H27ClN4O4S. The van der Waals surface area contributed by atoms with Crippen molar-refractivity contribution >= 4 is 58.3 Å². The third-order valence-corrected chi connectivity index (χ3v) is 8.09. The second-order valence-electron chi connectivity index (χ2n) is 10.1. The van der Waals surface area contributed by atoms with E-state index in [1.54, 1.807) is 67.1 Å². The summed E-state index contributed by atoms with van der Waals surface area (Å²) in [6, 6.07) is 35.7. The van der Waals surface area contributed by atoms with Crippen LogP contribution in [0, 0.1) is 0 Å². The molecule has 1 aliphatic heterocycles. The Balaban J connectivity index is 1.18. The molecule has 1 aromatic heterocycles. The summed E-state index contributed by atoms with van der Waals surface area (Å²) in [5, 5.41) is 12.5. The lowest BCUT2D eigenvalue weighted by atomic mass is 10.0. The summed E-state index contributed by atoms with van der Waals surface area (Å²) in [6.07, 6.45) is 4.94. The van der Waals surface area contributed by atoms with Gasteiger partial charge >= 0.3 is 0 Å². The van der Waals surface area contributed by atoms with E-state index in [1.165, 1.54) is 16.7 Å². The Morgan fingerprint density at radius 2 is 1.63 bits per heavy atom. The van der Waals surface area contributed by atoms with Crippen molar-refractivity contribution in [1.82, 2.24) is 4.90 Å². The van der Waals surface area contributed by atoms with Crippen molar-refractivity contribution in [3.05, 3.63) is 148 Å². The van der Waals surface area contributed by atoms with Crippen molar-refractivity contribution in [3.8, 4) is 16.9 Å². The number of nitrogens with zero attached hydrogens (tertiary/aromatic N) is 3. The Labute approximate surface area is 275 Å². The molecule has 4 aromatic carbocycles. The van der Waals surface area contributed by atoms with Gasteiger partial charge in [0.05, 0.1) is 23.9 Å². The first-order chi connectivity index (χ1) is 22.5. The van der Waals surface area contributed by atoms with E-state index in [9.17, 15) is 9.59 Å². The summed E-state index contributed by atoms with van der Waals surface area (Å²) in [5.41, 5.74) is 4.36. The van der Waals surface area contributed by atoms with Crippen molar-refractivity contribution in [2.24, 2.45) is 10.2 Å². The standard InChI is InChI=1S/C36H27ClN4O4S/c37-29-16-18-30(19-17-29)39-34(42)24-45-32-11-5-4-9-28(32)21-33-35(43)41(23-31-10-6-20-44-31)36(46-33)40-38-22-25-12-14-27(15-13-25)26-7-2-1-3-8-26/h1-22H,23-24H2,(H,39,42)/b33-21-,38-22+,40-36-. The van der Waals surface area contributed by atoms with Gasteiger partial charge in [0, 0.05) is 16.3 Å². The van der Waals surface area contributed by atoms with Crippen LogP contribution in [0.3, 0.4) is 0 Å². The zero-order valence-corrected chi connectivity index (χ0v) is 25.9. The van der Waals surface area contributed by atoms with Crippen LogP contribution in [0.1, 0.15) is 16.9 Å². The van der Waals surface area contributed by atoms with Crippen LogP contribution in [0.5, 0.6) is 5.75 Å². The molecule has 2 heterocycles. The van der Waals surface area contributed by atoms with Crippen LogP contribution in [0.15, 0.2) is 141 Å². The van der Waals surface area contributed by atoms with E-state index >= 15 is 0 Å². The summed E-state index contributed by atoms with van der Waals surface area (Å²) >= 11 is 7.12. The number of carbonyl (C=O) groups excluding carboxylic acids is 2. The second kappa shape index (κ2) is 14.6. The number of amidine groups is 1. The van der Waals surface area contributed by atoms with Gasteiger partial charge in [-0.05, 0) is 77.0 Å². The van der Waals surface area contributed by atoms with E-state index in [0.29, 0.717) is 37.9 Å². The average molecular weight is 647 g/mol. The SMILES string of the molecule is O=C(COc1ccccc1/C=C1\S/C(=N\N=C\c2ccc(-c3ccccc3)cc2)N(Cc2ccco2)C1=O)Nc1ccc(Cl)cc1. The van der Waals surface area contributed by atoms with Gasteiger partial charge in [-0.25, -0.2) is 0 Å². The number of furan rings is 1. The fraction of sp³-hybridized carbons (Fsp3) is 0.0556. The molecule has 0 aliphatic carbocycles. The largest absolute Gasteiger partial charge is 0.483 e. The van der Waals surface area contributed by atoms with Gasteiger partial charge in [-0.1, -0.05) is 84.4 Å². The number of hydrogen-bond acceptors (Lipinski definition) is 7. The second-order valence-corrected chi connectivity index (χ2v) is 11.5. The molecule has 6 rings (SSSR count). The molecular weight excluding hydrogens is 620 g/mol. The molecule has 0 spiro atoms. The highest BCUT2D eigenvalue weighted by molar-refractivity contribution is 8.18. The number of nitrogens with one attached hydrogen (secondary N) is 1. The van der Waals surface area contributed by atoms with Gasteiger partial charge in [0.15, 0.2) is 11.8 Å². The molecule has 0 bridgehead atoms. The Bertz CT molecular complexity index is 1910. The molecule has 10 heteroatoms. The number of halogens is 1. The van der Waals surface area contributed by atoms with E-state index in [-0.39, 0.29) is 25.0 Å². The first-order valence-electron chi connectivity index (χ1n) is 14.3. The summed E-state index contributed by atoms with van der Waals surface area (Å²) in [5.74, 6) is 0.481. The Hall–Kier alpha value is -5.38. The molecule has 5 aromatic rings. The van der Waals surface area contributed by atoms with Gasteiger partial charge in [-0.2, -0.15) is 5.10 Å². The van der Waals surface area contributed by atoms with Gasteiger partial charge in [-0.15, -0.1) is 5.10 Å². The fourth-order valence-electron chi connectivity index (χ4n) is 4.56. The molecule has 2 amide bonds. The van der Waals surface area contributed by atoms with Gasteiger partial charge < -0.3 is 14.5 Å². The molecule has 0 atom stereocenters. The van der Waals surface area contributed by atoms with Gasteiger partial charge in [0.2, 0.25) is 0 Å². The maximum atomic E-state index is 13.6. The Morgan fingerprint density at radius 1 is 0.891 bits per heavy atom. The number of carbonyl (C=O) groups is 2. The van der Waals surface area contributed by atoms with Crippen molar-refractivity contribution in [1.29, 1.82) is 0 Å². The lowest BCUT2D eigenvalue weighted by Crippen LogP contribution is -2.28. The van der Waals surface area contributed by atoms with E-state index in [2.05, 4.69) is 27.7 Å². The highest BCUT2D eigenvalue weighted by Crippen LogP contribution is 2.35. The molecule has 0 saturated carbocycles. The summed E-state index contributed by atoms with van der Waals surface area (Å²) in [7, 11) is 0. The number of ether oxygens (including phenoxy) is 1. The fourth-order valence-corrected chi connectivity index (χ4v) is 5.62. The number of anilines is 1. The molecule has 228 valence electrons. The van der Waals surface area contributed by atoms with Gasteiger partial charge in [0.1, 0.15) is 11.5 Å². The number of para-hydroxylation sites is 1. The topological polar surface area (TPSA) is 96.5 Å². The van der Waals surface area contributed by atoms with Crippen LogP contribution in [0.4, 0.5) is 5.69 Å². The van der Waals surface area contributed by atoms with E-state index in [1.807, 2.05) is 54.6 Å². The lowest BCUT2D eigenvalue weighted by Gasteiger charge is -2.12. The van der Waals surface area contributed by atoms with E-state index in [0.717, 1.165) is 16.7 Å². The summed E-state index contributed by atoms with van der Waals surface area (Å²) < 4.78 is 11.4. The number of rotatable bonds is 10. The number of amides is 2. The van der Waals surface area contributed by atoms with Crippen LogP contribution in [0.2, 0.25) is 5.02 Å². The monoisotopic (exact) mass is 646 g/mol. The van der Waals surface area contributed by atoms with Crippen LogP contribution < -0.4 is 10.1 Å². The lowest BCUT2D eigenvalue weighted by molar-refractivity contribution is -0.122. The van der Waals surface area contributed by atoms with Gasteiger partial charge in [0.25, 0.3) is 11.8 Å². The number of thioether (sulfide) groups is 1. The summed E-state index contributed by atoms with van der Waals surface area (Å²) in [6.45, 7) is -0.0262. The van der Waals surface area contributed by atoms with Crippen molar-refractivity contribution in [2.45, 2.75) is 6.54 Å². The molecule has 8 nitrogen and oxygen atoms in total. The zero-order valence-electron chi connectivity index (χ0n) is 24.4. The predicted molar refractivity (Wildman–Crippen MR) is 184 cm³/mol. The third-order valence-electron chi connectivity index (χ3n) is 6.84. The Kier molecular flexibility index (Phi) is 9.72. The molecule has 1 N–H and O–H groups in total. The quantitative estimate of drug-likeness (QED) is 0.0939.